The van der Waals surface area contributed by atoms with Crippen LogP contribution in [0.15, 0.2) is 224 Å². The van der Waals surface area contributed by atoms with Gasteiger partial charge in [0.1, 0.15) is 0 Å². The monoisotopic (exact) mass is 799 g/mol. The van der Waals surface area contributed by atoms with Crippen LogP contribution >= 0.6 is 0 Å². The Kier molecular flexibility index (Phi) is 8.45. The van der Waals surface area contributed by atoms with Crippen molar-refractivity contribution in [2.45, 2.75) is 5.41 Å². The zero-order valence-corrected chi connectivity index (χ0v) is 34.2. The van der Waals surface area contributed by atoms with Gasteiger partial charge in [0, 0.05) is 16.7 Å². The van der Waals surface area contributed by atoms with Gasteiger partial charge in [-0.05, 0) is 96.1 Å². The fourth-order valence-corrected chi connectivity index (χ4v) is 10.00. The van der Waals surface area contributed by atoms with Crippen molar-refractivity contribution < 1.29 is 0 Å². The topological polar surface area (TPSA) is 30.1 Å². The zero-order chi connectivity index (χ0) is 41.9. The van der Waals surface area contributed by atoms with Crippen molar-refractivity contribution in [3.8, 4) is 89.5 Å². The van der Waals surface area contributed by atoms with Crippen LogP contribution in [0.4, 0.5) is 5.69 Å². The van der Waals surface area contributed by atoms with E-state index in [1.807, 2.05) is 30.3 Å². The number of rotatable bonds is 6. The number of benzene rings is 9. The molecule has 1 aromatic heterocycles. The Morgan fingerprint density at radius 3 is 1.24 bits per heavy atom. The van der Waals surface area contributed by atoms with E-state index in [0.717, 1.165) is 50.3 Å². The van der Waals surface area contributed by atoms with Gasteiger partial charge in [-0.3, -0.25) is 0 Å². The lowest BCUT2D eigenvalue weighted by Gasteiger charge is -2.30. The van der Waals surface area contributed by atoms with Crippen molar-refractivity contribution in [3.63, 3.8) is 0 Å². The molecule has 1 heterocycles. The predicted octanol–water partition coefficient (Wildman–Crippen LogP) is 15.4. The summed E-state index contributed by atoms with van der Waals surface area (Å²) in [6.45, 7) is 7.90. The Bertz CT molecular complexity index is 3370. The average Bonchev–Trinajstić information content (AvgIpc) is 3.83. The van der Waals surface area contributed by atoms with Crippen molar-refractivity contribution in [1.82, 2.24) is 9.97 Å². The van der Waals surface area contributed by atoms with E-state index in [1.165, 1.54) is 55.6 Å². The largest absolute Gasteiger partial charge is 0.238 e. The summed E-state index contributed by atoms with van der Waals surface area (Å²) in [6, 6.07) is 79.7. The second-order valence-electron chi connectivity index (χ2n) is 16.4. The third kappa shape index (κ3) is 5.88. The molecular formula is C60H37N3. The lowest BCUT2D eigenvalue weighted by Crippen LogP contribution is -2.25. The molecule has 0 unspecified atom stereocenters. The second-order valence-corrected chi connectivity index (χ2v) is 16.4. The Morgan fingerprint density at radius 2 is 0.683 bits per heavy atom. The Morgan fingerprint density at radius 1 is 0.302 bits per heavy atom. The summed E-state index contributed by atoms with van der Waals surface area (Å²) in [6.07, 6.45) is 0. The maximum atomic E-state index is 7.90. The molecule has 0 saturated heterocycles. The molecule has 1 spiro atoms. The number of fused-ring (bicyclic) bond motifs is 10. The summed E-state index contributed by atoms with van der Waals surface area (Å²) in [4.78, 5) is 14.2. The Balaban J connectivity index is 0.906. The number of hydrogen-bond acceptors (Lipinski definition) is 2. The first-order valence-electron chi connectivity index (χ1n) is 21.3. The van der Waals surface area contributed by atoms with Crippen LogP contribution in [-0.2, 0) is 5.41 Å². The average molecular weight is 800 g/mol. The van der Waals surface area contributed by atoms with Crippen LogP contribution in [-0.4, -0.2) is 9.97 Å². The smallest absolute Gasteiger partial charge is 0.187 e. The van der Waals surface area contributed by atoms with Gasteiger partial charge in [0.15, 0.2) is 11.5 Å². The Hall–Kier alpha value is -8.45. The van der Waals surface area contributed by atoms with Crippen molar-refractivity contribution in [2.24, 2.45) is 0 Å². The summed E-state index contributed by atoms with van der Waals surface area (Å²) in [5.74, 6) is 0.675. The first-order chi connectivity index (χ1) is 31.2. The second kappa shape index (κ2) is 14.6. The van der Waals surface area contributed by atoms with Gasteiger partial charge < -0.3 is 0 Å². The van der Waals surface area contributed by atoms with Gasteiger partial charge in [0.05, 0.1) is 23.4 Å². The highest BCUT2D eigenvalue weighted by Gasteiger charge is 2.51. The fraction of sp³-hybridized carbons (Fsp3) is 0.0167. The molecule has 12 rings (SSSR count). The molecule has 63 heavy (non-hydrogen) atoms. The van der Waals surface area contributed by atoms with E-state index in [9.17, 15) is 0 Å². The van der Waals surface area contributed by atoms with Crippen LogP contribution in [0.25, 0.3) is 94.4 Å². The predicted molar refractivity (Wildman–Crippen MR) is 257 cm³/mol. The van der Waals surface area contributed by atoms with E-state index in [4.69, 9.17) is 16.5 Å². The lowest BCUT2D eigenvalue weighted by molar-refractivity contribution is 0.794. The highest BCUT2D eigenvalue weighted by Crippen LogP contribution is 2.63. The van der Waals surface area contributed by atoms with Crippen molar-refractivity contribution >= 4 is 5.69 Å². The van der Waals surface area contributed by atoms with Crippen LogP contribution in [0.5, 0.6) is 0 Å². The van der Waals surface area contributed by atoms with Gasteiger partial charge in [-0.1, -0.05) is 206 Å². The van der Waals surface area contributed by atoms with Gasteiger partial charge in [-0.15, -0.1) is 0 Å². The van der Waals surface area contributed by atoms with Crippen LogP contribution < -0.4 is 0 Å². The molecule has 9 aromatic carbocycles. The van der Waals surface area contributed by atoms with E-state index in [0.29, 0.717) is 11.5 Å². The molecule has 0 aliphatic heterocycles. The lowest BCUT2D eigenvalue weighted by atomic mass is 9.70. The molecule has 10 aromatic rings. The van der Waals surface area contributed by atoms with Crippen LogP contribution in [0.3, 0.4) is 0 Å². The quantitative estimate of drug-likeness (QED) is 0.157. The molecule has 0 fully saturated rings. The highest BCUT2D eigenvalue weighted by atomic mass is 14.9. The summed E-state index contributed by atoms with van der Waals surface area (Å²) < 4.78 is 0. The summed E-state index contributed by atoms with van der Waals surface area (Å²) in [5.41, 5.74) is 21.8. The van der Waals surface area contributed by atoms with Gasteiger partial charge >= 0.3 is 0 Å². The molecule has 0 radical (unpaired) electrons. The minimum atomic E-state index is -0.450. The summed E-state index contributed by atoms with van der Waals surface area (Å²) in [5, 5.41) is 0. The van der Waals surface area contributed by atoms with E-state index in [1.54, 1.807) is 0 Å². The first kappa shape index (κ1) is 36.4. The minimum Gasteiger partial charge on any atom is -0.238 e. The molecule has 0 amide bonds. The normalized spacial score (nSPS) is 12.6. The molecule has 0 saturated carbocycles. The van der Waals surface area contributed by atoms with Crippen LogP contribution in [0.2, 0.25) is 0 Å². The number of nitrogens with zero attached hydrogens (tertiary/aromatic N) is 3. The summed E-state index contributed by atoms with van der Waals surface area (Å²) in [7, 11) is 0. The highest BCUT2D eigenvalue weighted by molar-refractivity contribution is 5.97. The molecular weight excluding hydrogens is 763 g/mol. The summed E-state index contributed by atoms with van der Waals surface area (Å²) >= 11 is 0. The molecule has 3 nitrogen and oxygen atoms in total. The van der Waals surface area contributed by atoms with Crippen LogP contribution in [0.1, 0.15) is 22.3 Å². The maximum absolute atomic E-state index is 7.90. The third-order valence-corrected chi connectivity index (χ3v) is 13.0. The molecule has 0 N–H and O–H groups in total. The van der Waals surface area contributed by atoms with E-state index < -0.39 is 5.41 Å². The van der Waals surface area contributed by atoms with Gasteiger partial charge in [0.2, 0.25) is 0 Å². The number of hydrogen-bond donors (Lipinski definition) is 0. The van der Waals surface area contributed by atoms with Crippen molar-refractivity contribution in [1.29, 1.82) is 0 Å². The molecule has 2 aliphatic rings. The van der Waals surface area contributed by atoms with Crippen LogP contribution in [0, 0.1) is 6.57 Å². The van der Waals surface area contributed by atoms with E-state index >= 15 is 0 Å². The molecule has 2 aliphatic carbocycles. The third-order valence-electron chi connectivity index (χ3n) is 13.0. The molecule has 0 atom stereocenters. The molecule has 0 bridgehead atoms. The SMILES string of the molecule is [C-]#[N+]c1ccc2c(c1)-c1cc(-c3ccc(-c4nc(-c5ccccc5)cc(-c5ccc(-c6ccc(-c7ccccc7)cc6)cc5)n4)cc3)ccc1C21c2ccccc2-c2ccccc21. The Labute approximate surface area is 367 Å². The van der Waals surface area contributed by atoms with E-state index in [-0.39, 0.29) is 0 Å². The van der Waals surface area contributed by atoms with Crippen molar-refractivity contribution in [3.05, 3.63) is 258 Å². The minimum absolute atomic E-state index is 0.450. The van der Waals surface area contributed by atoms with Crippen molar-refractivity contribution in [2.75, 3.05) is 0 Å². The van der Waals surface area contributed by atoms with E-state index in [2.05, 4.69) is 199 Å². The fourth-order valence-electron chi connectivity index (χ4n) is 10.00. The van der Waals surface area contributed by atoms with Gasteiger partial charge in [0.25, 0.3) is 0 Å². The zero-order valence-electron chi connectivity index (χ0n) is 34.2. The standard InChI is InChI=1S/C60H37N3/c1-61-48-33-35-56-52(37-48)51-36-47(32-34-55(51)60(56)53-18-10-8-16-49(53)50-17-9-11-19-54(50)60)43-26-30-46(31-27-43)59-62-57(44-14-6-3-7-15-44)38-58(63-59)45-28-24-42(25-29-45)41-22-20-40(21-23-41)39-12-4-2-5-13-39/h2-38H. The molecule has 292 valence electrons. The van der Waals surface area contributed by atoms with Gasteiger partial charge in [-0.2, -0.15) is 0 Å². The first-order valence-corrected chi connectivity index (χ1v) is 21.3. The van der Waals surface area contributed by atoms with Gasteiger partial charge in [-0.25, -0.2) is 14.8 Å². The maximum Gasteiger partial charge on any atom is 0.187 e. The molecule has 3 heteroatoms. The number of aromatic nitrogens is 2.